The molecule has 1 saturated heterocycles. The molecule has 6 heteroatoms. The SMILES string of the molecule is CCN(CC1CCN(C(=O)N(C)C)CC1)C(C)CC1=COC=C(CC2=CC=CCC2)O1. The lowest BCUT2D eigenvalue weighted by Gasteiger charge is -2.37. The molecule has 0 N–H and O–H groups in total. The lowest BCUT2D eigenvalue weighted by atomic mass is 9.95. The summed E-state index contributed by atoms with van der Waals surface area (Å²) in [5.41, 5.74) is 1.39. The number of ether oxygens (including phenoxy) is 2. The molecule has 2 amide bonds. The first-order chi connectivity index (χ1) is 15.0. The second-order valence-corrected chi connectivity index (χ2v) is 9.12. The van der Waals surface area contributed by atoms with Crippen LogP contribution in [0.4, 0.5) is 4.79 Å². The van der Waals surface area contributed by atoms with Crippen molar-refractivity contribution in [3.63, 3.8) is 0 Å². The number of urea groups is 1. The van der Waals surface area contributed by atoms with Gasteiger partial charge in [-0.1, -0.05) is 30.7 Å². The van der Waals surface area contributed by atoms with Gasteiger partial charge in [-0.05, 0) is 45.1 Å². The Morgan fingerprint density at radius 2 is 1.97 bits per heavy atom. The van der Waals surface area contributed by atoms with Gasteiger partial charge in [0, 0.05) is 52.6 Å². The van der Waals surface area contributed by atoms with Gasteiger partial charge in [-0.2, -0.15) is 0 Å². The average Bonchev–Trinajstić information content (AvgIpc) is 2.78. The molecule has 3 aliphatic rings. The molecule has 6 nitrogen and oxygen atoms in total. The normalized spacial score (nSPS) is 20.4. The monoisotopic (exact) mass is 429 g/mol. The lowest BCUT2D eigenvalue weighted by molar-refractivity contribution is 0.113. The quantitative estimate of drug-likeness (QED) is 0.552. The molecule has 1 unspecified atom stereocenters. The Morgan fingerprint density at radius 3 is 2.61 bits per heavy atom. The van der Waals surface area contributed by atoms with E-state index in [2.05, 4.69) is 37.0 Å². The fourth-order valence-corrected chi connectivity index (χ4v) is 4.56. The maximum absolute atomic E-state index is 12.2. The van der Waals surface area contributed by atoms with Gasteiger partial charge in [-0.3, -0.25) is 0 Å². The third-order valence-corrected chi connectivity index (χ3v) is 6.45. The molecule has 1 aliphatic carbocycles. The number of hydrogen-bond acceptors (Lipinski definition) is 4. The van der Waals surface area contributed by atoms with Gasteiger partial charge in [-0.25, -0.2) is 4.79 Å². The fourth-order valence-electron chi connectivity index (χ4n) is 4.56. The summed E-state index contributed by atoms with van der Waals surface area (Å²) in [6.07, 6.45) is 16.0. The zero-order chi connectivity index (χ0) is 22.2. The van der Waals surface area contributed by atoms with Crippen LogP contribution in [0.2, 0.25) is 0 Å². The molecule has 0 aromatic rings. The van der Waals surface area contributed by atoms with Crippen molar-refractivity contribution in [1.82, 2.24) is 14.7 Å². The van der Waals surface area contributed by atoms with Crippen molar-refractivity contribution in [1.29, 1.82) is 0 Å². The molecule has 0 bridgehead atoms. The minimum Gasteiger partial charge on any atom is -0.466 e. The zero-order valence-electron chi connectivity index (χ0n) is 19.7. The summed E-state index contributed by atoms with van der Waals surface area (Å²) in [4.78, 5) is 18.3. The summed E-state index contributed by atoms with van der Waals surface area (Å²) in [6, 6.07) is 0.502. The summed E-state index contributed by atoms with van der Waals surface area (Å²) in [5.74, 6) is 2.43. The predicted molar refractivity (Wildman–Crippen MR) is 124 cm³/mol. The van der Waals surface area contributed by atoms with Crippen LogP contribution in [0.15, 0.2) is 47.8 Å². The molecule has 3 rings (SSSR count). The summed E-state index contributed by atoms with van der Waals surface area (Å²) >= 11 is 0. The number of allylic oxidation sites excluding steroid dienone is 4. The zero-order valence-corrected chi connectivity index (χ0v) is 19.7. The van der Waals surface area contributed by atoms with Crippen LogP contribution in [0.25, 0.3) is 0 Å². The second kappa shape index (κ2) is 11.4. The smallest absolute Gasteiger partial charge is 0.319 e. The molecule has 0 spiro atoms. The van der Waals surface area contributed by atoms with Crippen LogP contribution < -0.4 is 0 Å². The van der Waals surface area contributed by atoms with Crippen molar-refractivity contribution in [2.45, 2.75) is 58.4 Å². The Balaban J connectivity index is 1.45. The minimum absolute atomic E-state index is 0.129. The largest absolute Gasteiger partial charge is 0.466 e. The lowest BCUT2D eigenvalue weighted by Crippen LogP contribution is -2.46. The molecule has 0 saturated carbocycles. The van der Waals surface area contributed by atoms with Crippen molar-refractivity contribution in [3.8, 4) is 0 Å². The molecule has 172 valence electrons. The van der Waals surface area contributed by atoms with Crippen molar-refractivity contribution < 1.29 is 14.3 Å². The van der Waals surface area contributed by atoms with Crippen LogP contribution in [0, 0.1) is 5.92 Å². The van der Waals surface area contributed by atoms with Gasteiger partial charge >= 0.3 is 6.03 Å². The molecule has 0 aromatic carbocycles. The summed E-state index contributed by atoms with van der Waals surface area (Å²) in [7, 11) is 3.65. The van der Waals surface area contributed by atoms with E-state index in [-0.39, 0.29) is 6.03 Å². The molecular formula is C25H39N3O3. The number of carbonyl (C=O) groups is 1. The molecule has 31 heavy (non-hydrogen) atoms. The van der Waals surface area contributed by atoms with E-state index in [0.717, 1.165) is 76.2 Å². The second-order valence-electron chi connectivity index (χ2n) is 9.12. The first kappa shape index (κ1) is 23.5. The van der Waals surface area contributed by atoms with Crippen LogP contribution in [-0.4, -0.2) is 67.0 Å². The number of hydrogen-bond donors (Lipinski definition) is 0. The minimum atomic E-state index is 0.129. The van der Waals surface area contributed by atoms with Gasteiger partial charge < -0.3 is 24.2 Å². The first-order valence-electron chi connectivity index (χ1n) is 11.7. The van der Waals surface area contributed by atoms with E-state index in [9.17, 15) is 4.79 Å². The standard InChI is InChI=1S/C25H39N3O3/c1-5-27(17-22-11-13-28(14-12-22)25(29)26(3)4)20(2)15-23-18-30-19-24(31-23)16-21-9-7-6-8-10-21/h6-7,9,18-20,22H,5,8,10-17H2,1-4H3. The van der Waals surface area contributed by atoms with E-state index in [0.29, 0.717) is 12.0 Å². The van der Waals surface area contributed by atoms with Gasteiger partial charge in [0.1, 0.15) is 24.0 Å². The number of likely N-dealkylation sites (tertiary alicyclic amines) is 1. The van der Waals surface area contributed by atoms with E-state index in [1.807, 2.05) is 19.0 Å². The van der Waals surface area contributed by atoms with Gasteiger partial charge in [0.05, 0.1) is 0 Å². The molecule has 2 aliphatic heterocycles. The van der Waals surface area contributed by atoms with E-state index in [1.54, 1.807) is 17.4 Å². The van der Waals surface area contributed by atoms with Crippen molar-refractivity contribution in [2.24, 2.45) is 5.92 Å². The van der Waals surface area contributed by atoms with Crippen LogP contribution in [0.5, 0.6) is 0 Å². The van der Waals surface area contributed by atoms with Crippen LogP contribution in [-0.2, 0) is 9.47 Å². The number of amides is 2. The van der Waals surface area contributed by atoms with Crippen molar-refractivity contribution >= 4 is 6.03 Å². The molecule has 1 fully saturated rings. The first-order valence-corrected chi connectivity index (χ1v) is 11.7. The summed E-state index contributed by atoms with van der Waals surface area (Å²) < 4.78 is 11.8. The van der Waals surface area contributed by atoms with Crippen molar-refractivity contribution in [2.75, 3.05) is 40.3 Å². The van der Waals surface area contributed by atoms with E-state index in [4.69, 9.17) is 9.47 Å². The Morgan fingerprint density at radius 1 is 1.23 bits per heavy atom. The maximum Gasteiger partial charge on any atom is 0.319 e. The molecule has 1 atom stereocenters. The third kappa shape index (κ3) is 6.89. The highest BCUT2D eigenvalue weighted by Crippen LogP contribution is 2.27. The Kier molecular flexibility index (Phi) is 8.64. The van der Waals surface area contributed by atoms with Crippen LogP contribution in [0.1, 0.15) is 52.4 Å². The topological polar surface area (TPSA) is 45.2 Å². The van der Waals surface area contributed by atoms with Gasteiger partial charge in [0.15, 0.2) is 0 Å². The molecule has 2 heterocycles. The van der Waals surface area contributed by atoms with Gasteiger partial charge in [0.2, 0.25) is 0 Å². The number of piperidine rings is 1. The summed E-state index contributed by atoms with van der Waals surface area (Å²) in [5, 5.41) is 0. The van der Waals surface area contributed by atoms with E-state index >= 15 is 0 Å². The fraction of sp³-hybridized carbons (Fsp3) is 0.640. The van der Waals surface area contributed by atoms with E-state index < -0.39 is 0 Å². The highest BCUT2D eigenvalue weighted by Gasteiger charge is 2.27. The summed E-state index contributed by atoms with van der Waals surface area (Å²) in [6.45, 7) is 8.28. The highest BCUT2D eigenvalue weighted by molar-refractivity contribution is 5.73. The number of carbonyl (C=O) groups excluding carboxylic acids is 1. The molecule has 0 radical (unpaired) electrons. The van der Waals surface area contributed by atoms with Gasteiger partial charge in [0.25, 0.3) is 0 Å². The van der Waals surface area contributed by atoms with Crippen LogP contribution in [0.3, 0.4) is 0 Å². The highest BCUT2D eigenvalue weighted by atomic mass is 16.5. The Hall–Kier alpha value is -2.21. The molecular weight excluding hydrogens is 390 g/mol. The Labute approximate surface area is 187 Å². The maximum atomic E-state index is 12.2. The van der Waals surface area contributed by atoms with Crippen molar-refractivity contribution in [3.05, 3.63) is 47.8 Å². The van der Waals surface area contributed by atoms with Gasteiger partial charge in [-0.15, -0.1) is 0 Å². The van der Waals surface area contributed by atoms with E-state index in [1.165, 1.54) is 5.57 Å². The third-order valence-electron chi connectivity index (χ3n) is 6.45. The molecule has 0 aromatic heterocycles. The number of nitrogens with zero attached hydrogens (tertiary/aromatic N) is 3. The Bertz CT molecular complexity index is 730. The number of rotatable bonds is 8. The average molecular weight is 430 g/mol. The van der Waals surface area contributed by atoms with Crippen LogP contribution >= 0.6 is 0 Å². The predicted octanol–water partition coefficient (Wildman–Crippen LogP) is 4.88.